The van der Waals surface area contributed by atoms with Crippen LogP contribution in [0.4, 0.5) is 5.82 Å². The zero-order valence-electron chi connectivity index (χ0n) is 30.6. The van der Waals surface area contributed by atoms with Crippen molar-refractivity contribution in [1.29, 1.82) is 5.26 Å². The molecule has 1 aliphatic rings. The molecule has 52 heavy (non-hydrogen) atoms. The monoisotopic (exact) mass is 743 g/mol. The highest BCUT2D eigenvalue weighted by molar-refractivity contribution is 7.48. The number of carboxylic acids is 2. The number of aromatic nitrogens is 3. The second-order valence-electron chi connectivity index (χ2n) is 15.2. The molecule has 0 aliphatic carbocycles. The van der Waals surface area contributed by atoms with Crippen LogP contribution in [0.25, 0.3) is 5.52 Å². The number of rotatable bonds is 14. The van der Waals surface area contributed by atoms with E-state index >= 15 is 0 Å². The second-order valence-corrected chi connectivity index (χ2v) is 16.8. The van der Waals surface area contributed by atoms with Crippen LogP contribution in [0.5, 0.6) is 5.75 Å². The zero-order chi connectivity index (χ0) is 39.0. The number of nitrogens with zero attached hydrogens (tertiary/aromatic N) is 4. The van der Waals surface area contributed by atoms with Gasteiger partial charge in [0.1, 0.15) is 23.7 Å². The molecule has 17 heteroatoms. The molecule has 0 bridgehead atoms. The summed E-state index contributed by atoms with van der Waals surface area (Å²) >= 11 is 0. The van der Waals surface area contributed by atoms with Crippen LogP contribution in [0, 0.1) is 39.9 Å². The smallest absolute Gasteiger partial charge is 0.481 e. The van der Waals surface area contributed by atoms with E-state index < -0.39 is 79.4 Å². The third kappa shape index (κ3) is 7.64. The van der Waals surface area contributed by atoms with Crippen molar-refractivity contribution >= 4 is 37.1 Å². The van der Waals surface area contributed by atoms with Crippen molar-refractivity contribution < 1.29 is 52.2 Å². The lowest BCUT2D eigenvalue weighted by atomic mass is 9.57. The summed E-state index contributed by atoms with van der Waals surface area (Å²) < 4.78 is 44.2. The van der Waals surface area contributed by atoms with Gasteiger partial charge < -0.3 is 29.9 Å². The van der Waals surface area contributed by atoms with E-state index in [1.807, 2.05) is 20.8 Å². The van der Waals surface area contributed by atoms with E-state index in [0.717, 1.165) is 11.9 Å². The van der Waals surface area contributed by atoms with Crippen molar-refractivity contribution in [3.8, 4) is 11.8 Å². The van der Waals surface area contributed by atoms with Gasteiger partial charge in [-0.15, -0.1) is 0 Å². The minimum absolute atomic E-state index is 0.0577. The number of ether oxygens (including phenoxy) is 2. The Morgan fingerprint density at radius 3 is 2.17 bits per heavy atom. The molecule has 3 heterocycles. The molecule has 4 N–H and O–H groups in total. The molecular weight excluding hydrogens is 697 g/mol. The number of nitrogens with two attached hydrogens (primary N) is 1. The lowest BCUT2D eigenvalue weighted by molar-refractivity contribution is -0.161. The van der Waals surface area contributed by atoms with Crippen molar-refractivity contribution in [2.75, 3.05) is 19.1 Å². The van der Waals surface area contributed by atoms with Crippen molar-refractivity contribution in [3.63, 3.8) is 0 Å². The number of fused-ring (bicyclic) bond motifs is 1. The highest BCUT2D eigenvalue weighted by Crippen LogP contribution is 2.61. The third-order valence-corrected chi connectivity index (χ3v) is 10.8. The lowest BCUT2D eigenvalue weighted by Crippen LogP contribution is -2.51. The van der Waals surface area contributed by atoms with Crippen LogP contribution in [0.1, 0.15) is 73.6 Å². The SMILES string of the molecule is CC(C)C(=O)OCO[P@@](=O)(OC[C@@H]1O[C@@](C#N)(c2ccc3c(N)ncnn23)[C@@H](C(C)(C)C(=O)O)[C@@H]1C(C)(C)C(=O)O)Oc1ccc(C(C)(C)C)cc1. The lowest BCUT2D eigenvalue weighted by Gasteiger charge is -2.42. The number of phosphoric acid groups is 1. The van der Waals surface area contributed by atoms with E-state index in [0.29, 0.717) is 0 Å². The van der Waals surface area contributed by atoms with E-state index in [9.17, 15) is 34.4 Å². The molecule has 282 valence electrons. The molecule has 0 saturated carbocycles. The third-order valence-electron chi connectivity index (χ3n) is 9.49. The molecule has 1 fully saturated rings. The normalized spacial score (nSPS) is 22.1. The maximum absolute atomic E-state index is 14.3. The van der Waals surface area contributed by atoms with Gasteiger partial charge in [-0.25, -0.2) is 18.6 Å². The molecular formula is C35H46N5O11P. The van der Waals surface area contributed by atoms with Gasteiger partial charge in [-0.05, 0) is 62.9 Å². The van der Waals surface area contributed by atoms with Gasteiger partial charge in [0.05, 0.1) is 35.2 Å². The summed E-state index contributed by atoms with van der Waals surface area (Å²) in [6, 6.07) is 11.8. The number of aliphatic carboxylic acids is 2. The first-order valence-electron chi connectivity index (χ1n) is 16.5. The Morgan fingerprint density at radius 1 is 1.02 bits per heavy atom. The number of anilines is 1. The maximum Gasteiger partial charge on any atom is 0.533 e. The maximum atomic E-state index is 14.3. The van der Waals surface area contributed by atoms with Crippen molar-refractivity contribution in [1.82, 2.24) is 14.6 Å². The largest absolute Gasteiger partial charge is 0.533 e. The molecule has 2 aromatic heterocycles. The highest BCUT2D eigenvalue weighted by atomic mass is 31.2. The molecule has 0 radical (unpaired) electrons. The molecule has 0 spiro atoms. The number of esters is 1. The van der Waals surface area contributed by atoms with E-state index in [2.05, 4.69) is 16.2 Å². The molecule has 1 aliphatic heterocycles. The summed E-state index contributed by atoms with van der Waals surface area (Å²) in [7, 11) is -4.72. The van der Waals surface area contributed by atoms with Crippen molar-refractivity contribution in [2.45, 2.75) is 79.4 Å². The Hall–Kier alpha value is -4.55. The summed E-state index contributed by atoms with van der Waals surface area (Å²) in [5, 5.41) is 36.3. The van der Waals surface area contributed by atoms with Crippen LogP contribution in [0.3, 0.4) is 0 Å². The average molecular weight is 744 g/mol. The number of hydrogen-bond acceptors (Lipinski definition) is 13. The van der Waals surface area contributed by atoms with E-state index in [1.165, 1.54) is 44.3 Å². The topological polar surface area (TPSA) is 235 Å². The summed E-state index contributed by atoms with van der Waals surface area (Å²) in [5.41, 5.74) is 1.39. The first-order chi connectivity index (χ1) is 24.0. The minimum Gasteiger partial charge on any atom is -0.481 e. The highest BCUT2D eigenvalue weighted by Gasteiger charge is 2.68. The van der Waals surface area contributed by atoms with E-state index in [4.69, 9.17) is 28.8 Å². The number of benzene rings is 1. The van der Waals surface area contributed by atoms with Crippen LogP contribution in [0.15, 0.2) is 42.7 Å². The van der Waals surface area contributed by atoms with Gasteiger partial charge in [0, 0.05) is 11.8 Å². The summed E-state index contributed by atoms with van der Waals surface area (Å²) in [5.74, 6) is -6.39. The van der Waals surface area contributed by atoms with Gasteiger partial charge in [0.2, 0.25) is 12.4 Å². The molecule has 5 atom stereocenters. The number of nitrogen functional groups attached to an aromatic ring is 1. The molecule has 3 aromatic rings. The van der Waals surface area contributed by atoms with Crippen molar-refractivity contribution in [2.24, 2.45) is 28.6 Å². The Kier molecular flexibility index (Phi) is 11.2. The Balaban J connectivity index is 1.83. The van der Waals surface area contributed by atoms with E-state index in [1.54, 1.807) is 38.1 Å². The fourth-order valence-electron chi connectivity index (χ4n) is 6.43. The minimum atomic E-state index is -4.72. The first kappa shape index (κ1) is 40.2. The Bertz CT molecular complexity index is 1910. The van der Waals surface area contributed by atoms with Gasteiger partial charge in [0.15, 0.2) is 5.82 Å². The second kappa shape index (κ2) is 14.5. The van der Waals surface area contributed by atoms with Gasteiger partial charge >= 0.3 is 25.7 Å². The van der Waals surface area contributed by atoms with Crippen LogP contribution in [0.2, 0.25) is 0 Å². The number of nitriles is 1. The van der Waals surface area contributed by atoms with Gasteiger partial charge in [0.25, 0.3) is 0 Å². The van der Waals surface area contributed by atoms with Crippen molar-refractivity contribution in [3.05, 3.63) is 54.0 Å². The fraction of sp³-hybridized carbons (Fsp3) is 0.543. The molecule has 4 rings (SSSR count). The van der Waals surface area contributed by atoms with E-state index in [-0.39, 0.29) is 28.2 Å². The quantitative estimate of drug-likeness (QED) is 0.104. The summed E-state index contributed by atoms with van der Waals surface area (Å²) in [4.78, 5) is 42.0. The predicted molar refractivity (Wildman–Crippen MR) is 186 cm³/mol. The van der Waals surface area contributed by atoms with Gasteiger partial charge in [-0.2, -0.15) is 10.4 Å². The van der Waals surface area contributed by atoms with Crippen LogP contribution in [-0.2, 0) is 48.5 Å². The van der Waals surface area contributed by atoms with Crippen LogP contribution >= 0.6 is 7.82 Å². The fourth-order valence-corrected chi connectivity index (χ4v) is 7.50. The molecule has 1 aromatic carbocycles. The molecule has 16 nitrogen and oxygen atoms in total. The number of carbonyl (C=O) groups excluding carboxylic acids is 1. The van der Waals surface area contributed by atoms with Gasteiger partial charge in [-0.1, -0.05) is 46.8 Å². The van der Waals surface area contributed by atoms with Crippen LogP contribution < -0.4 is 10.3 Å². The molecule has 1 saturated heterocycles. The Morgan fingerprint density at radius 2 is 1.63 bits per heavy atom. The number of phosphoric ester groups is 1. The standard InChI is InChI=1S/C35H46N5O11P/c1-20(2)29(41)47-19-49-52(46,51-22-12-10-21(11-13-22)32(3,4)5)48-16-24-26(33(6,7)30(42)43)27(34(8,9)31(44)45)35(17-36,50-24)25-15-14-23-28(37)38-18-39-40(23)25/h10-15,18,20,24,26-27H,16,19H2,1-9H3,(H,42,43)(H,44,45)(H2,37,38,39)/t24-,26+,27+,35-,52+/m0/s1. The first-order valence-corrected chi connectivity index (χ1v) is 18.0. The van der Waals surface area contributed by atoms with Crippen LogP contribution in [-0.4, -0.2) is 62.2 Å². The summed E-state index contributed by atoms with van der Waals surface area (Å²) in [6.45, 7) is 13.2. The number of hydrogen-bond donors (Lipinski definition) is 3. The number of carboxylic acid groups (broad SMARTS) is 2. The molecule has 0 amide bonds. The Labute approximate surface area is 301 Å². The number of carbonyl (C=O) groups is 3. The molecule has 0 unspecified atom stereocenters. The predicted octanol–water partition coefficient (Wildman–Crippen LogP) is 5.56. The summed E-state index contributed by atoms with van der Waals surface area (Å²) in [6.07, 6.45) is -0.269. The zero-order valence-corrected chi connectivity index (χ0v) is 31.5. The van der Waals surface area contributed by atoms with Gasteiger partial charge in [-0.3, -0.25) is 18.9 Å². The average Bonchev–Trinajstić information content (AvgIpc) is 3.65.